The molecule has 0 N–H and O–H groups in total. The van der Waals surface area contributed by atoms with Crippen LogP contribution in [0.5, 0.6) is 0 Å². The highest BCUT2D eigenvalue weighted by molar-refractivity contribution is 6.20. The monoisotopic (exact) mass is 588 g/mol. The van der Waals surface area contributed by atoms with Crippen LogP contribution in [-0.2, 0) is 0 Å². The summed E-state index contributed by atoms with van der Waals surface area (Å²) in [6.07, 6.45) is 0. The first kappa shape index (κ1) is 26.2. The number of fused-ring (bicyclic) bond motifs is 5. The van der Waals surface area contributed by atoms with Gasteiger partial charge in [0.1, 0.15) is 0 Å². The summed E-state index contributed by atoms with van der Waals surface area (Å²) in [7, 11) is 0. The standard InChI is InChI=1S/C42H28N4/c1-5-15-29(16-6-1)36-28-37(30-17-7-2-8-18-30)44-42(43-36)31-25-26-39-35(27-31)41-40(46(39)33-21-11-4-12-22-33)34-23-13-14-24-38(34)45(41)32-19-9-3-10-20-32/h1-28H. The van der Waals surface area contributed by atoms with Crippen LogP contribution in [0.15, 0.2) is 170 Å². The molecule has 0 radical (unpaired) electrons. The largest absolute Gasteiger partial charge is 0.307 e. The Morgan fingerprint density at radius 1 is 0.348 bits per heavy atom. The normalized spacial score (nSPS) is 11.5. The van der Waals surface area contributed by atoms with E-state index in [0.717, 1.165) is 55.9 Å². The summed E-state index contributed by atoms with van der Waals surface area (Å²) < 4.78 is 4.79. The lowest BCUT2D eigenvalue weighted by Crippen LogP contribution is -1.97. The molecule has 0 fully saturated rings. The number of para-hydroxylation sites is 3. The van der Waals surface area contributed by atoms with Crippen molar-refractivity contribution in [2.45, 2.75) is 0 Å². The van der Waals surface area contributed by atoms with E-state index in [2.05, 4.69) is 167 Å². The fourth-order valence-electron chi connectivity index (χ4n) is 6.66. The first-order valence-corrected chi connectivity index (χ1v) is 15.5. The average molecular weight is 589 g/mol. The lowest BCUT2D eigenvalue weighted by atomic mass is 10.1. The van der Waals surface area contributed by atoms with Gasteiger partial charge in [-0.2, -0.15) is 0 Å². The van der Waals surface area contributed by atoms with Crippen molar-refractivity contribution in [2.24, 2.45) is 0 Å². The van der Waals surface area contributed by atoms with E-state index in [4.69, 9.17) is 9.97 Å². The van der Waals surface area contributed by atoms with Crippen molar-refractivity contribution in [1.29, 1.82) is 0 Å². The third kappa shape index (κ3) is 4.23. The van der Waals surface area contributed by atoms with E-state index in [0.29, 0.717) is 5.82 Å². The van der Waals surface area contributed by atoms with E-state index in [1.807, 2.05) is 12.1 Å². The van der Waals surface area contributed by atoms with Crippen LogP contribution in [0.4, 0.5) is 0 Å². The highest BCUT2D eigenvalue weighted by atomic mass is 15.1. The second-order valence-electron chi connectivity index (χ2n) is 11.5. The third-order valence-corrected chi connectivity index (χ3v) is 8.72. The van der Waals surface area contributed by atoms with Gasteiger partial charge in [-0.3, -0.25) is 0 Å². The zero-order valence-corrected chi connectivity index (χ0v) is 25.0. The molecule has 3 aromatic heterocycles. The molecular weight excluding hydrogens is 560 g/mol. The van der Waals surface area contributed by atoms with Crippen molar-refractivity contribution in [1.82, 2.24) is 19.1 Å². The van der Waals surface area contributed by atoms with Crippen molar-refractivity contribution >= 4 is 32.8 Å². The first-order chi connectivity index (χ1) is 22.8. The summed E-state index contributed by atoms with van der Waals surface area (Å²) in [5.74, 6) is 0.699. The molecule has 216 valence electrons. The Labute approximate surface area is 266 Å². The van der Waals surface area contributed by atoms with Gasteiger partial charge >= 0.3 is 0 Å². The third-order valence-electron chi connectivity index (χ3n) is 8.72. The highest BCUT2D eigenvalue weighted by Gasteiger charge is 2.23. The van der Waals surface area contributed by atoms with Crippen molar-refractivity contribution in [2.75, 3.05) is 0 Å². The molecule has 6 aromatic carbocycles. The predicted octanol–water partition coefficient (Wildman–Crippen LogP) is 10.5. The van der Waals surface area contributed by atoms with E-state index in [9.17, 15) is 0 Å². The fraction of sp³-hybridized carbons (Fsp3) is 0. The van der Waals surface area contributed by atoms with Gasteiger partial charge in [-0.1, -0.05) is 115 Å². The number of rotatable bonds is 5. The quantitative estimate of drug-likeness (QED) is 0.200. The number of hydrogen-bond donors (Lipinski definition) is 0. The Morgan fingerprint density at radius 2 is 0.804 bits per heavy atom. The molecule has 0 bridgehead atoms. The maximum Gasteiger partial charge on any atom is 0.160 e. The van der Waals surface area contributed by atoms with Crippen LogP contribution in [0, 0.1) is 0 Å². The second-order valence-corrected chi connectivity index (χ2v) is 11.5. The number of hydrogen-bond acceptors (Lipinski definition) is 2. The molecule has 0 spiro atoms. The Hall–Kier alpha value is -6.26. The average Bonchev–Trinajstić information content (AvgIpc) is 3.65. The topological polar surface area (TPSA) is 35.6 Å². The molecule has 0 amide bonds. The molecule has 0 unspecified atom stereocenters. The van der Waals surface area contributed by atoms with Crippen LogP contribution in [0.3, 0.4) is 0 Å². The van der Waals surface area contributed by atoms with Gasteiger partial charge in [-0.25, -0.2) is 9.97 Å². The zero-order valence-electron chi connectivity index (χ0n) is 25.0. The molecule has 0 saturated heterocycles. The maximum absolute atomic E-state index is 5.15. The molecular formula is C42H28N4. The minimum Gasteiger partial charge on any atom is -0.307 e. The van der Waals surface area contributed by atoms with Crippen LogP contribution in [0.1, 0.15) is 0 Å². The van der Waals surface area contributed by atoms with Gasteiger partial charge < -0.3 is 9.13 Å². The molecule has 4 nitrogen and oxygen atoms in total. The van der Waals surface area contributed by atoms with Gasteiger partial charge in [0.25, 0.3) is 0 Å². The van der Waals surface area contributed by atoms with Crippen LogP contribution in [-0.4, -0.2) is 19.1 Å². The minimum atomic E-state index is 0.699. The summed E-state index contributed by atoms with van der Waals surface area (Å²) >= 11 is 0. The summed E-state index contributed by atoms with van der Waals surface area (Å²) in [4.78, 5) is 10.3. The van der Waals surface area contributed by atoms with Gasteiger partial charge in [0.2, 0.25) is 0 Å². The van der Waals surface area contributed by atoms with Crippen LogP contribution in [0.2, 0.25) is 0 Å². The van der Waals surface area contributed by atoms with Crippen LogP contribution >= 0.6 is 0 Å². The molecule has 46 heavy (non-hydrogen) atoms. The summed E-state index contributed by atoms with van der Waals surface area (Å²) in [5.41, 5.74) is 11.8. The SMILES string of the molecule is c1ccc(-c2cc(-c3ccccc3)nc(-c3ccc4c(c3)c3c(c5ccccc5n3-c3ccccc3)n4-c3ccccc3)n2)cc1. The van der Waals surface area contributed by atoms with Crippen molar-refractivity contribution in [3.05, 3.63) is 170 Å². The number of nitrogens with zero attached hydrogens (tertiary/aromatic N) is 4. The Bertz CT molecular complexity index is 2400. The maximum atomic E-state index is 5.15. The molecule has 0 aliphatic heterocycles. The van der Waals surface area contributed by atoms with Crippen LogP contribution in [0.25, 0.3) is 78.1 Å². The predicted molar refractivity (Wildman–Crippen MR) is 190 cm³/mol. The van der Waals surface area contributed by atoms with Gasteiger partial charge in [-0.15, -0.1) is 0 Å². The lowest BCUT2D eigenvalue weighted by Gasteiger charge is -2.11. The zero-order chi connectivity index (χ0) is 30.5. The van der Waals surface area contributed by atoms with E-state index < -0.39 is 0 Å². The fourth-order valence-corrected chi connectivity index (χ4v) is 6.66. The first-order valence-electron chi connectivity index (χ1n) is 15.5. The van der Waals surface area contributed by atoms with E-state index in [-0.39, 0.29) is 0 Å². The van der Waals surface area contributed by atoms with Gasteiger partial charge in [0.15, 0.2) is 5.82 Å². The smallest absolute Gasteiger partial charge is 0.160 e. The van der Waals surface area contributed by atoms with Crippen molar-refractivity contribution in [3.63, 3.8) is 0 Å². The number of benzene rings is 6. The molecule has 9 rings (SSSR count). The van der Waals surface area contributed by atoms with E-state index >= 15 is 0 Å². The van der Waals surface area contributed by atoms with Crippen LogP contribution < -0.4 is 0 Å². The summed E-state index contributed by atoms with van der Waals surface area (Å²) in [6.45, 7) is 0. The summed E-state index contributed by atoms with van der Waals surface area (Å²) in [6, 6.07) is 59.4. The molecule has 0 atom stereocenters. The van der Waals surface area contributed by atoms with E-state index in [1.54, 1.807) is 0 Å². The molecule has 0 aliphatic carbocycles. The molecule has 4 heteroatoms. The minimum absolute atomic E-state index is 0.699. The molecule has 0 saturated carbocycles. The molecule has 3 heterocycles. The van der Waals surface area contributed by atoms with E-state index in [1.165, 1.54) is 16.4 Å². The summed E-state index contributed by atoms with van der Waals surface area (Å²) in [5, 5.41) is 2.35. The number of aromatic nitrogens is 4. The Kier molecular flexibility index (Phi) is 6.10. The van der Waals surface area contributed by atoms with Crippen molar-refractivity contribution in [3.8, 4) is 45.3 Å². The lowest BCUT2D eigenvalue weighted by molar-refractivity contribution is 1.17. The highest BCUT2D eigenvalue weighted by Crippen LogP contribution is 2.42. The molecule has 0 aliphatic rings. The van der Waals surface area contributed by atoms with Gasteiger partial charge in [0.05, 0.1) is 33.5 Å². The Morgan fingerprint density at radius 3 is 1.37 bits per heavy atom. The van der Waals surface area contributed by atoms with Gasteiger partial charge in [-0.05, 0) is 54.6 Å². The second kappa shape index (κ2) is 10.7. The Balaban J connectivity index is 1.37. The van der Waals surface area contributed by atoms with Gasteiger partial charge in [0, 0.05) is 38.8 Å². The molecule has 9 aromatic rings. The van der Waals surface area contributed by atoms with Crippen molar-refractivity contribution < 1.29 is 0 Å².